The van der Waals surface area contributed by atoms with Gasteiger partial charge in [-0.3, -0.25) is 4.79 Å². The maximum Gasteiger partial charge on any atom is 0.307 e. The second-order valence-corrected chi connectivity index (χ2v) is 3.30. The third-order valence-corrected chi connectivity index (χ3v) is 2.42. The molecule has 0 aliphatic heterocycles. The number of aryl methyl sites for hydroxylation is 1. The Labute approximate surface area is 87.9 Å². The van der Waals surface area contributed by atoms with Gasteiger partial charge in [-0.2, -0.15) is 0 Å². The number of esters is 1. The topological polar surface area (TPSA) is 47.0 Å². The minimum Gasteiger partial charge on any atom is -0.469 e. The Morgan fingerprint density at radius 3 is 3.00 bits per heavy atom. The van der Waals surface area contributed by atoms with Crippen LogP contribution in [-0.4, -0.2) is 22.6 Å². The summed E-state index contributed by atoms with van der Waals surface area (Å²) in [4.78, 5) is 13.9. The zero-order valence-electron chi connectivity index (χ0n) is 8.37. The number of imidazole rings is 1. The monoisotopic (exact) mass is 214 g/mol. The molecule has 0 aromatic carbocycles. The molecule has 0 saturated heterocycles. The second-order valence-electron chi connectivity index (χ2n) is 2.92. The van der Waals surface area contributed by atoms with Crippen LogP contribution in [0, 0.1) is 4.77 Å². The van der Waals surface area contributed by atoms with Crippen molar-refractivity contribution in [3.8, 4) is 0 Å². The minimum atomic E-state index is -0.213. The van der Waals surface area contributed by atoms with Crippen LogP contribution >= 0.6 is 12.2 Å². The van der Waals surface area contributed by atoms with Gasteiger partial charge in [0.2, 0.25) is 0 Å². The van der Waals surface area contributed by atoms with Crippen molar-refractivity contribution in [1.29, 1.82) is 0 Å². The fourth-order valence-corrected chi connectivity index (χ4v) is 1.54. The first-order valence-corrected chi connectivity index (χ1v) is 4.93. The normalized spacial score (nSPS) is 10.1. The standard InChI is InChI=1S/C9H14N2O2S/c1-3-7-6-10-9(14)11(7)5-4-8(12)13-2/h6H,3-5H2,1-2H3,(H,10,14). The van der Waals surface area contributed by atoms with E-state index in [0.29, 0.717) is 17.7 Å². The van der Waals surface area contributed by atoms with Gasteiger partial charge in [0.25, 0.3) is 0 Å². The highest BCUT2D eigenvalue weighted by Crippen LogP contribution is 2.04. The third-order valence-electron chi connectivity index (χ3n) is 2.08. The number of carbonyl (C=O) groups is 1. The van der Waals surface area contributed by atoms with E-state index in [1.165, 1.54) is 7.11 Å². The number of aromatic amines is 1. The summed E-state index contributed by atoms with van der Waals surface area (Å²) in [5, 5.41) is 0. The fourth-order valence-electron chi connectivity index (χ4n) is 1.27. The first kappa shape index (κ1) is 11.0. The summed E-state index contributed by atoms with van der Waals surface area (Å²) in [6.45, 7) is 2.63. The molecule has 1 rings (SSSR count). The van der Waals surface area contributed by atoms with Crippen LogP contribution in [0.15, 0.2) is 6.20 Å². The molecule has 1 aromatic rings. The molecule has 0 amide bonds. The molecule has 0 unspecified atom stereocenters. The van der Waals surface area contributed by atoms with Crippen molar-refractivity contribution >= 4 is 18.2 Å². The van der Waals surface area contributed by atoms with Gasteiger partial charge < -0.3 is 14.3 Å². The highest BCUT2D eigenvalue weighted by Gasteiger charge is 2.05. The molecule has 1 N–H and O–H groups in total. The first-order chi connectivity index (χ1) is 6.69. The number of H-pyrrole nitrogens is 1. The van der Waals surface area contributed by atoms with Crippen molar-refractivity contribution in [3.63, 3.8) is 0 Å². The number of nitrogens with zero attached hydrogens (tertiary/aromatic N) is 1. The minimum absolute atomic E-state index is 0.213. The molecule has 14 heavy (non-hydrogen) atoms. The van der Waals surface area contributed by atoms with Gasteiger partial charge in [-0.1, -0.05) is 6.92 Å². The van der Waals surface area contributed by atoms with Gasteiger partial charge in [-0.05, 0) is 18.6 Å². The third kappa shape index (κ3) is 2.45. The summed E-state index contributed by atoms with van der Waals surface area (Å²) < 4.78 is 7.15. The lowest BCUT2D eigenvalue weighted by Crippen LogP contribution is -2.09. The van der Waals surface area contributed by atoms with Crippen molar-refractivity contribution in [3.05, 3.63) is 16.7 Å². The number of hydrogen-bond acceptors (Lipinski definition) is 3. The first-order valence-electron chi connectivity index (χ1n) is 4.53. The van der Waals surface area contributed by atoms with Crippen molar-refractivity contribution in [2.75, 3.05) is 7.11 Å². The molecule has 0 spiro atoms. The SMILES string of the molecule is CCc1c[nH]c(=S)n1CCC(=O)OC. The Hall–Kier alpha value is -1.10. The number of ether oxygens (including phenoxy) is 1. The molecule has 0 atom stereocenters. The van der Waals surface area contributed by atoms with Crippen LogP contribution in [-0.2, 0) is 22.5 Å². The summed E-state index contributed by atoms with van der Waals surface area (Å²) in [5.74, 6) is -0.213. The summed E-state index contributed by atoms with van der Waals surface area (Å²) in [6.07, 6.45) is 3.13. The summed E-state index contributed by atoms with van der Waals surface area (Å²) in [6, 6.07) is 0. The molecular formula is C9H14N2O2S. The molecule has 4 nitrogen and oxygen atoms in total. The molecule has 0 aliphatic rings. The van der Waals surface area contributed by atoms with Gasteiger partial charge >= 0.3 is 5.97 Å². The number of carbonyl (C=O) groups excluding carboxylic acids is 1. The van der Waals surface area contributed by atoms with E-state index in [2.05, 4.69) is 9.72 Å². The second kappa shape index (κ2) is 4.95. The lowest BCUT2D eigenvalue weighted by Gasteiger charge is -2.05. The molecule has 0 aliphatic carbocycles. The zero-order valence-corrected chi connectivity index (χ0v) is 9.19. The lowest BCUT2D eigenvalue weighted by molar-refractivity contribution is -0.140. The maximum absolute atomic E-state index is 10.9. The van der Waals surface area contributed by atoms with E-state index in [1.807, 2.05) is 17.7 Å². The number of hydrogen-bond donors (Lipinski definition) is 1. The van der Waals surface area contributed by atoms with E-state index in [9.17, 15) is 4.79 Å². The van der Waals surface area contributed by atoms with E-state index in [4.69, 9.17) is 12.2 Å². The van der Waals surface area contributed by atoms with Crippen molar-refractivity contribution in [2.45, 2.75) is 26.3 Å². The van der Waals surface area contributed by atoms with Crippen LogP contribution < -0.4 is 0 Å². The van der Waals surface area contributed by atoms with E-state index < -0.39 is 0 Å². The lowest BCUT2D eigenvalue weighted by atomic mass is 10.3. The molecule has 1 aromatic heterocycles. The van der Waals surface area contributed by atoms with Gasteiger partial charge in [0.1, 0.15) is 0 Å². The van der Waals surface area contributed by atoms with E-state index in [0.717, 1.165) is 12.1 Å². The van der Waals surface area contributed by atoms with E-state index in [-0.39, 0.29) is 5.97 Å². The highest BCUT2D eigenvalue weighted by atomic mass is 32.1. The Balaban J connectivity index is 2.70. The largest absolute Gasteiger partial charge is 0.469 e. The maximum atomic E-state index is 10.9. The Kier molecular flexibility index (Phi) is 3.88. The number of nitrogens with one attached hydrogen (secondary N) is 1. The molecule has 78 valence electrons. The Morgan fingerprint density at radius 1 is 1.71 bits per heavy atom. The smallest absolute Gasteiger partial charge is 0.307 e. The molecule has 0 fully saturated rings. The number of aromatic nitrogens is 2. The Morgan fingerprint density at radius 2 is 2.43 bits per heavy atom. The van der Waals surface area contributed by atoms with Crippen molar-refractivity contribution in [1.82, 2.24) is 9.55 Å². The van der Waals surface area contributed by atoms with E-state index >= 15 is 0 Å². The summed E-state index contributed by atoms with van der Waals surface area (Å²) >= 11 is 5.08. The van der Waals surface area contributed by atoms with Gasteiger partial charge in [0.15, 0.2) is 4.77 Å². The average Bonchev–Trinajstić information content (AvgIpc) is 2.55. The predicted octanol–water partition coefficient (Wildman–Crippen LogP) is 1.67. The highest BCUT2D eigenvalue weighted by molar-refractivity contribution is 7.71. The quantitative estimate of drug-likeness (QED) is 0.612. The Bertz CT molecular complexity index is 367. The average molecular weight is 214 g/mol. The van der Waals surface area contributed by atoms with Gasteiger partial charge in [-0.25, -0.2) is 0 Å². The molecule has 0 saturated carbocycles. The zero-order chi connectivity index (χ0) is 10.6. The van der Waals surface area contributed by atoms with Crippen molar-refractivity contribution in [2.24, 2.45) is 0 Å². The van der Waals surface area contributed by atoms with Gasteiger partial charge in [0, 0.05) is 18.4 Å². The van der Waals surface area contributed by atoms with Crippen LogP contribution in [0.2, 0.25) is 0 Å². The molecule has 5 heteroatoms. The predicted molar refractivity (Wildman–Crippen MR) is 55.6 cm³/mol. The van der Waals surface area contributed by atoms with Crippen LogP contribution in [0.4, 0.5) is 0 Å². The fraction of sp³-hybridized carbons (Fsp3) is 0.556. The molecular weight excluding hydrogens is 200 g/mol. The molecule has 0 radical (unpaired) electrons. The molecule has 1 heterocycles. The van der Waals surface area contributed by atoms with Crippen LogP contribution in [0.3, 0.4) is 0 Å². The van der Waals surface area contributed by atoms with Crippen LogP contribution in [0.5, 0.6) is 0 Å². The molecule has 0 bridgehead atoms. The van der Waals surface area contributed by atoms with Crippen LogP contribution in [0.25, 0.3) is 0 Å². The van der Waals surface area contributed by atoms with Crippen molar-refractivity contribution < 1.29 is 9.53 Å². The number of methoxy groups -OCH3 is 1. The number of rotatable bonds is 4. The van der Waals surface area contributed by atoms with E-state index in [1.54, 1.807) is 0 Å². The summed E-state index contributed by atoms with van der Waals surface area (Å²) in [5.41, 5.74) is 1.11. The summed E-state index contributed by atoms with van der Waals surface area (Å²) in [7, 11) is 1.39. The van der Waals surface area contributed by atoms with Gasteiger partial charge in [0.05, 0.1) is 13.5 Å². The van der Waals surface area contributed by atoms with Gasteiger partial charge in [-0.15, -0.1) is 0 Å². The van der Waals surface area contributed by atoms with Crippen LogP contribution in [0.1, 0.15) is 19.0 Å².